The van der Waals surface area contributed by atoms with Gasteiger partial charge in [-0.2, -0.15) is 0 Å². The first kappa shape index (κ1) is 28.1. The van der Waals surface area contributed by atoms with Gasteiger partial charge in [0.05, 0.1) is 37.6 Å². The van der Waals surface area contributed by atoms with E-state index in [4.69, 9.17) is 4.74 Å². The molecule has 0 saturated carbocycles. The van der Waals surface area contributed by atoms with Crippen molar-refractivity contribution >= 4 is 41.5 Å². The molecule has 0 spiro atoms. The second-order valence-electron chi connectivity index (χ2n) is 8.90. The lowest BCUT2D eigenvalue weighted by Gasteiger charge is -2.26. The minimum atomic E-state index is -0.901. The number of fused-ring (bicyclic) bond motifs is 1. The van der Waals surface area contributed by atoms with Crippen LogP contribution in [0.3, 0.4) is 0 Å². The van der Waals surface area contributed by atoms with Crippen molar-refractivity contribution in [1.29, 1.82) is 0 Å². The average molecular weight is 503 g/mol. The van der Waals surface area contributed by atoms with Crippen molar-refractivity contribution in [2.24, 2.45) is 5.92 Å². The van der Waals surface area contributed by atoms with E-state index in [0.717, 1.165) is 5.56 Å². The first-order chi connectivity index (χ1) is 16.3. The van der Waals surface area contributed by atoms with Crippen LogP contribution < -0.4 is 25.2 Å². The Morgan fingerprint density at radius 2 is 1.69 bits per heavy atom. The summed E-state index contributed by atoms with van der Waals surface area (Å²) in [5.41, 5.74) is 2.09. The number of likely N-dealkylation sites (N-methyl/N-ethyl adjacent to an activating group) is 1. The van der Waals surface area contributed by atoms with E-state index in [1.807, 2.05) is 62.4 Å². The molecule has 9 heteroatoms. The smallest absolute Gasteiger partial charge is 0.251 e. The van der Waals surface area contributed by atoms with Gasteiger partial charge in [0.15, 0.2) is 0 Å². The van der Waals surface area contributed by atoms with Gasteiger partial charge in [-0.3, -0.25) is 14.4 Å². The van der Waals surface area contributed by atoms with E-state index >= 15 is 0 Å². The number of ether oxygens (including phenoxy) is 1. The molecule has 3 rings (SSSR count). The highest BCUT2D eigenvalue weighted by atomic mass is 35.5. The average Bonchev–Trinajstić information content (AvgIpc) is 2.94. The lowest BCUT2D eigenvalue weighted by Crippen LogP contribution is -2.55. The van der Waals surface area contributed by atoms with Crippen LogP contribution in [0.4, 0.5) is 11.4 Å². The van der Waals surface area contributed by atoms with Gasteiger partial charge in [0, 0.05) is 12.0 Å². The topological polar surface area (TPSA) is 91.0 Å². The van der Waals surface area contributed by atoms with Crippen molar-refractivity contribution in [3.8, 4) is 5.75 Å². The summed E-state index contributed by atoms with van der Waals surface area (Å²) in [5, 5.41) is 5.75. The number of anilines is 2. The molecule has 2 unspecified atom stereocenters. The summed E-state index contributed by atoms with van der Waals surface area (Å²) in [4.78, 5) is 43.1. The zero-order valence-electron chi connectivity index (χ0n) is 20.9. The number of methoxy groups -OCH3 is 1. The van der Waals surface area contributed by atoms with Crippen molar-refractivity contribution in [3.63, 3.8) is 0 Å². The van der Waals surface area contributed by atoms with Crippen LogP contribution in [0.5, 0.6) is 5.75 Å². The first-order valence-electron chi connectivity index (χ1n) is 11.6. The molecule has 1 aliphatic heterocycles. The van der Waals surface area contributed by atoms with Crippen LogP contribution in [0.2, 0.25) is 0 Å². The van der Waals surface area contributed by atoms with Crippen LogP contribution in [-0.2, 0) is 20.9 Å². The number of halogens is 1. The number of nitrogens with zero attached hydrogens (tertiary/aromatic N) is 2. The molecule has 8 nitrogen and oxygen atoms in total. The summed E-state index contributed by atoms with van der Waals surface area (Å²) in [5.74, 6) is 0.139. The Morgan fingerprint density at radius 1 is 1.06 bits per heavy atom. The molecule has 0 radical (unpaired) electrons. The predicted molar refractivity (Wildman–Crippen MR) is 140 cm³/mol. The Morgan fingerprint density at radius 3 is 2.31 bits per heavy atom. The molecule has 0 fully saturated rings. The number of para-hydroxylation sites is 3. The number of amides is 3. The molecule has 0 aliphatic carbocycles. The number of hydrogen-bond acceptors (Lipinski definition) is 5. The fourth-order valence-corrected chi connectivity index (χ4v) is 3.98. The maximum atomic E-state index is 13.9. The maximum Gasteiger partial charge on any atom is 0.251 e. The molecule has 2 aromatic rings. The van der Waals surface area contributed by atoms with Gasteiger partial charge in [-0.1, -0.05) is 44.2 Å². The van der Waals surface area contributed by atoms with Gasteiger partial charge in [0.2, 0.25) is 11.8 Å². The zero-order chi connectivity index (χ0) is 24.8. The van der Waals surface area contributed by atoms with Gasteiger partial charge in [0.25, 0.3) is 5.91 Å². The number of rotatable bonds is 8. The van der Waals surface area contributed by atoms with Crippen LogP contribution in [0.1, 0.15) is 32.8 Å². The van der Waals surface area contributed by atoms with Gasteiger partial charge in [0.1, 0.15) is 11.8 Å². The Kier molecular flexibility index (Phi) is 10.1. The van der Waals surface area contributed by atoms with Crippen LogP contribution in [-0.4, -0.2) is 50.5 Å². The largest absolute Gasteiger partial charge is 0.496 e. The van der Waals surface area contributed by atoms with Crippen LogP contribution >= 0.6 is 12.4 Å². The van der Waals surface area contributed by atoms with Crippen molar-refractivity contribution in [3.05, 3.63) is 54.1 Å². The predicted octanol–water partition coefficient (Wildman–Crippen LogP) is 3.14. The fourth-order valence-electron chi connectivity index (χ4n) is 3.98. The first-order valence-corrected chi connectivity index (χ1v) is 11.6. The third kappa shape index (κ3) is 6.52. The number of carbonyl (C=O) groups excluding carboxylic acids is 3. The lowest BCUT2D eigenvalue weighted by molar-refractivity contribution is -0.128. The standard InChI is InChI=1S/C26H34N4O4.ClH/c1-17(2)14-24(31)29-16-20(28-25(32)18(3)27-4)26(33)30(22-12-8-7-11-21(22)29)15-19-10-6-9-13-23(19)34-5;/h6-13,17-18,20,27H,14-16H2,1-5H3,(H,28,32);1H. The van der Waals surface area contributed by atoms with E-state index in [1.165, 1.54) is 0 Å². The van der Waals surface area contributed by atoms with Gasteiger partial charge < -0.3 is 25.2 Å². The summed E-state index contributed by atoms with van der Waals surface area (Å²) in [6, 6.07) is 13.5. The summed E-state index contributed by atoms with van der Waals surface area (Å²) in [7, 11) is 3.27. The maximum absolute atomic E-state index is 13.9. The van der Waals surface area contributed by atoms with E-state index in [2.05, 4.69) is 10.6 Å². The molecule has 2 N–H and O–H groups in total. The minimum absolute atomic E-state index is 0. The fraction of sp³-hybridized carbons (Fsp3) is 0.423. The summed E-state index contributed by atoms with van der Waals surface area (Å²) >= 11 is 0. The van der Waals surface area contributed by atoms with Gasteiger partial charge in [-0.25, -0.2) is 0 Å². The Hall–Kier alpha value is -3.10. The molecule has 3 amide bonds. The SMILES string of the molecule is CNC(C)C(=O)NC1CN(C(=O)CC(C)C)c2ccccc2N(Cc2ccccc2OC)C1=O.Cl. The quantitative estimate of drug-likeness (QED) is 0.578. The minimum Gasteiger partial charge on any atom is -0.496 e. The van der Waals surface area contributed by atoms with E-state index in [1.54, 1.807) is 30.9 Å². The molecule has 0 bridgehead atoms. The number of hydrogen-bond donors (Lipinski definition) is 2. The zero-order valence-corrected chi connectivity index (χ0v) is 21.7. The van der Waals surface area contributed by atoms with E-state index in [-0.39, 0.29) is 49.1 Å². The van der Waals surface area contributed by atoms with Crippen molar-refractivity contribution in [2.45, 2.75) is 45.8 Å². The van der Waals surface area contributed by atoms with Gasteiger partial charge >= 0.3 is 0 Å². The van der Waals surface area contributed by atoms with E-state index in [9.17, 15) is 14.4 Å². The highest BCUT2D eigenvalue weighted by Crippen LogP contribution is 2.35. The molecule has 0 aromatic heterocycles. The number of benzene rings is 2. The van der Waals surface area contributed by atoms with Crippen LogP contribution in [0.15, 0.2) is 48.5 Å². The molecule has 0 saturated heterocycles. The van der Waals surface area contributed by atoms with E-state index in [0.29, 0.717) is 23.5 Å². The highest BCUT2D eigenvalue weighted by molar-refractivity contribution is 6.08. The van der Waals surface area contributed by atoms with Crippen LogP contribution in [0, 0.1) is 5.92 Å². The molecule has 190 valence electrons. The van der Waals surface area contributed by atoms with Gasteiger partial charge in [-0.15, -0.1) is 12.4 Å². The van der Waals surface area contributed by atoms with Crippen molar-refractivity contribution in [1.82, 2.24) is 10.6 Å². The molecular formula is C26H35ClN4O4. The third-order valence-electron chi connectivity index (χ3n) is 5.94. The van der Waals surface area contributed by atoms with Gasteiger partial charge in [-0.05, 0) is 38.1 Å². The molecule has 35 heavy (non-hydrogen) atoms. The molecule has 1 heterocycles. The third-order valence-corrected chi connectivity index (χ3v) is 5.94. The van der Waals surface area contributed by atoms with Crippen molar-refractivity contribution < 1.29 is 19.1 Å². The Balaban J connectivity index is 0.00000432. The van der Waals surface area contributed by atoms with E-state index < -0.39 is 12.1 Å². The second kappa shape index (κ2) is 12.6. The molecule has 2 atom stereocenters. The molecular weight excluding hydrogens is 468 g/mol. The summed E-state index contributed by atoms with van der Waals surface area (Å²) < 4.78 is 5.50. The summed E-state index contributed by atoms with van der Waals surface area (Å²) in [6.45, 7) is 5.98. The summed E-state index contributed by atoms with van der Waals surface area (Å²) in [6.07, 6.45) is 0.336. The highest BCUT2D eigenvalue weighted by Gasteiger charge is 2.37. The molecule has 2 aromatic carbocycles. The normalized spacial score (nSPS) is 16.2. The lowest BCUT2D eigenvalue weighted by atomic mass is 10.1. The number of nitrogens with one attached hydrogen (secondary N) is 2. The Bertz CT molecular complexity index is 1050. The monoisotopic (exact) mass is 502 g/mol. The Labute approximate surface area is 213 Å². The molecule has 1 aliphatic rings. The van der Waals surface area contributed by atoms with Crippen LogP contribution in [0.25, 0.3) is 0 Å². The number of carbonyl (C=O) groups is 3. The second-order valence-corrected chi connectivity index (χ2v) is 8.90. The van der Waals surface area contributed by atoms with Crippen molar-refractivity contribution in [2.75, 3.05) is 30.5 Å².